The van der Waals surface area contributed by atoms with E-state index in [4.69, 9.17) is 4.74 Å². The summed E-state index contributed by atoms with van der Waals surface area (Å²) in [6.07, 6.45) is 3.28. The standard InChI is InChI=1S/C13H22N2O/c1-11(2)16-8-4-7-14-10-13-6-5-12(3)9-15-13/h5-6,9,11,14H,4,7-8,10H2,1-3H3. The van der Waals surface area contributed by atoms with Gasteiger partial charge in [0.25, 0.3) is 0 Å². The monoisotopic (exact) mass is 222 g/mol. The third-order valence-electron chi connectivity index (χ3n) is 2.23. The molecule has 16 heavy (non-hydrogen) atoms. The molecule has 0 fully saturated rings. The summed E-state index contributed by atoms with van der Waals surface area (Å²) < 4.78 is 5.45. The Kier molecular flexibility index (Phi) is 6.04. The number of pyridine rings is 1. The van der Waals surface area contributed by atoms with Crippen molar-refractivity contribution in [2.75, 3.05) is 13.2 Å². The van der Waals surface area contributed by atoms with Crippen LogP contribution in [0.3, 0.4) is 0 Å². The van der Waals surface area contributed by atoms with Crippen LogP contribution in [-0.4, -0.2) is 24.2 Å². The highest BCUT2D eigenvalue weighted by Crippen LogP contribution is 1.97. The second kappa shape index (κ2) is 7.36. The average Bonchev–Trinajstić information content (AvgIpc) is 2.25. The molecule has 3 heteroatoms. The minimum atomic E-state index is 0.332. The highest BCUT2D eigenvalue weighted by atomic mass is 16.5. The van der Waals surface area contributed by atoms with Crippen molar-refractivity contribution in [2.24, 2.45) is 0 Å². The van der Waals surface area contributed by atoms with E-state index >= 15 is 0 Å². The maximum absolute atomic E-state index is 5.45. The van der Waals surface area contributed by atoms with E-state index in [1.54, 1.807) is 0 Å². The first kappa shape index (κ1) is 13.1. The summed E-state index contributed by atoms with van der Waals surface area (Å²) in [6.45, 7) is 8.80. The molecule has 1 aromatic rings. The number of rotatable bonds is 7. The summed E-state index contributed by atoms with van der Waals surface area (Å²) in [4.78, 5) is 4.33. The van der Waals surface area contributed by atoms with Gasteiger partial charge in [-0.2, -0.15) is 0 Å². The lowest BCUT2D eigenvalue weighted by molar-refractivity contribution is 0.0770. The van der Waals surface area contributed by atoms with Crippen molar-refractivity contribution in [3.63, 3.8) is 0 Å². The normalized spacial score (nSPS) is 11.0. The molecule has 0 aliphatic rings. The zero-order valence-electron chi connectivity index (χ0n) is 10.5. The highest BCUT2D eigenvalue weighted by Gasteiger charge is 1.95. The van der Waals surface area contributed by atoms with Crippen molar-refractivity contribution in [1.29, 1.82) is 0 Å². The molecule has 0 saturated heterocycles. The van der Waals surface area contributed by atoms with Gasteiger partial charge in [-0.1, -0.05) is 6.07 Å². The number of nitrogens with one attached hydrogen (secondary N) is 1. The Morgan fingerprint density at radius 2 is 2.19 bits per heavy atom. The molecule has 0 aliphatic heterocycles. The fourth-order valence-corrected chi connectivity index (χ4v) is 1.34. The van der Waals surface area contributed by atoms with Gasteiger partial charge in [0.2, 0.25) is 0 Å². The van der Waals surface area contributed by atoms with E-state index in [2.05, 4.69) is 36.3 Å². The van der Waals surface area contributed by atoms with Gasteiger partial charge in [-0.05, 0) is 45.4 Å². The predicted molar refractivity (Wildman–Crippen MR) is 66.4 cm³/mol. The molecule has 0 unspecified atom stereocenters. The Morgan fingerprint density at radius 3 is 2.81 bits per heavy atom. The largest absolute Gasteiger partial charge is 0.379 e. The molecule has 1 aromatic heterocycles. The molecule has 0 saturated carbocycles. The molecule has 1 heterocycles. The van der Waals surface area contributed by atoms with Crippen LogP contribution in [0.2, 0.25) is 0 Å². The van der Waals surface area contributed by atoms with Crippen molar-refractivity contribution >= 4 is 0 Å². The van der Waals surface area contributed by atoms with Crippen LogP contribution < -0.4 is 5.32 Å². The third kappa shape index (κ3) is 5.83. The Balaban J connectivity index is 2.05. The Bertz CT molecular complexity index is 282. The summed E-state index contributed by atoms with van der Waals surface area (Å²) in [7, 11) is 0. The van der Waals surface area contributed by atoms with Crippen molar-refractivity contribution < 1.29 is 4.74 Å². The third-order valence-corrected chi connectivity index (χ3v) is 2.23. The molecule has 0 aromatic carbocycles. The van der Waals surface area contributed by atoms with Crippen LogP contribution in [0.4, 0.5) is 0 Å². The molecule has 0 radical (unpaired) electrons. The second-order valence-corrected chi connectivity index (χ2v) is 4.28. The Hall–Kier alpha value is -0.930. The molecular formula is C13H22N2O. The smallest absolute Gasteiger partial charge is 0.0541 e. The first-order valence-corrected chi connectivity index (χ1v) is 5.92. The van der Waals surface area contributed by atoms with Gasteiger partial charge in [0.15, 0.2) is 0 Å². The summed E-state index contributed by atoms with van der Waals surface area (Å²) >= 11 is 0. The van der Waals surface area contributed by atoms with Gasteiger partial charge >= 0.3 is 0 Å². The van der Waals surface area contributed by atoms with Crippen LogP contribution in [0, 0.1) is 6.92 Å². The van der Waals surface area contributed by atoms with Gasteiger partial charge in [-0.25, -0.2) is 0 Å². The van der Waals surface area contributed by atoms with Crippen LogP contribution in [-0.2, 0) is 11.3 Å². The number of aryl methyl sites for hydroxylation is 1. The van der Waals surface area contributed by atoms with Gasteiger partial charge in [0.05, 0.1) is 11.8 Å². The van der Waals surface area contributed by atoms with Crippen LogP contribution in [0.5, 0.6) is 0 Å². The van der Waals surface area contributed by atoms with Crippen LogP contribution in [0.15, 0.2) is 18.3 Å². The fourth-order valence-electron chi connectivity index (χ4n) is 1.34. The van der Waals surface area contributed by atoms with Crippen LogP contribution in [0.25, 0.3) is 0 Å². The van der Waals surface area contributed by atoms with Gasteiger partial charge in [-0.3, -0.25) is 4.98 Å². The highest BCUT2D eigenvalue weighted by molar-refractivity contribution is 5.11. The predicted octanol–water partition coefficient (Wildman–Crippen LogP) is 2.29. The van der Waals surface area contributed by atoms with E-state index in [0.29, 0.717) is 6.10 Å². The average molecular weight is 222 g/mol. The van der Waals surface area contributed by atoms with Gasteiger partial charge in [-0.15, -0.1) is 0 Å². The van der Waals surface area contributed by atoms with Crippen molar-refractivity contribution in [3.8, 4) is 0 Å². The van der Waals surface area contributed by atoms with Gasteiger partial charge < -0.3 is 10.1 Å². The fraction of sp³-hybridized carbons (Fsp3) is 0.615. The van der Waals surface area contributed by atoms with Crippen molar-refractivity contribution in [2.45, 2.75) is 39.8 Å². The van der Waals surface area contributed by atoms with E-state index in [1.165, 1.54) is 5.56 Å². The lowest BCUT2D eigenvalue weighted by atomic mass is 10.3. The molecule has 0 amide bonds. The maximum atomic E-state index is 5.45. The Labute approximate surface area is 98.2 Å². The number of hydrogen-bond acceptors (Lipinski definition) is 3. The van der Waals surface area contributed by atoms with E-state index in [9.17, 15) is 0 Å². The molecule has 0 bridgehead atoms. The number of aromatic nitrogens is 1. The van der Waals surface area contributed by atoms with Crippen molar-refractivity contribution in [1.82, 2.24) is 10.3 Å². The molecule has 0 aliphatic carbocycles. The van der Waals surface area contributed by atoms with Crippen LogP contribution in [0.1, 0.15) is 31.5 Å². The first-order chi connectivity index (χ1) is 7.68. The summed E-state index contributed by atoms with van der Waals surface area (Å²) in [6, 6.07) is 4.15. The summed E-state index contributed by atoms with van der Waals surface area (Å²) in [5.41, 5.74) is 2.30. The maximum Gasteiger partial charge on any atom is 0.0541 e. The topological polar surface area (TPSA) is 34.1 Å². The zero-order chi connectivity index (χ0) is 11.8. The summed E-state index contributed by atoms with van der Waals surface area (Å²) in [5.74, 6) is 0. The molecule has 3 nitrogen and oxygen atoms in total. The SMILES string of the molecule is Cc1ccc(CNCCCOC(C)C)nc1. The van der Waals surface area contributed by atoms with Gasteiger partial charge in [0.1, 0.15) is 0 Å². The number of hydrogen-bond donors (Lipinski definition) is 1. The quantitative estimate of drug-likeness (QED) is 0.719. The second-order valence-electron chi connectivity index (χ2n) is 4.28. The Morgan fingerprint density at radius 1 is 1.38 bits per heavy atom. The summed E-state index contributed by atoms with van der Waals surface area (Å²) in [5, 5.41) is 3.35. The number of ether oxygens (including phenoxy) is 1. The molecule has 0 atom stereocenters. The van der Waals surface area contributed by atoms with E-state index in [-0.39, 0.29) is 0 Å². The van der Waals surface area contributed by atoms with E-state index in [1.807, 2.05) is 13.1 Å². The molecular weight excluding hydrogens is 200 g/mol. The molecule has 90 valence electrons. The lowest BCUT2D eigenvalue weighted by Crippen LogP contribution is -2.17. The van der Waals surface area contributed by atoms with Crippen molar-refractivity contribution in [3.05, 3.63) is 29.6 Å². The molecule has 0 spiro atoms. The number of nitrogens with zero attached hydrogens (tertiary/aromatic N) is 1. The zero-order valence-corrected chi connectivity index (χ0v) is 10.5. The van der Waals surface area contributed by atoms with E-state index in [0.717, 1.165) is 31.8 Å². The lowest BCUT2D eigenvalue weighted by Gasteiger charge is -2.08. The molecule has 1 N–H and O–H groups in total. The molecule has 1 rings (SSSR count). The first-order valence-electron chi connectivity index (χ1n) is 5.92. The minimum absolute atomic E-state index is 0.332. The van der Waals surface area contributed by atoms with E-state index < -0.39 is 0 Å². The van der Waals surface area contributed by atoms with Gasteiger partial charge in [0, 0.05) is 19.3 Å². The minimum Gasteiger partial charge on any atom is -0.379 e. The van der Waals surface area contributed by atoms with Crippen LogP contribution >= 0.6 is 0 Å².